The Labute approximate surface area is 129 Å². The molecule has 1 aromatic carbocycles. The third kappa shape index (κ3) is 2.90. The van der Waals surface area contributed by atoms with Gasteiger partial charge in [-0.05, 0) is 31.5 Å². The van der Waals surface area contributed by atoms with Crippen LogP contribution in [0.25, 0.3) is 11.1 Å². The second-order valence-electron chi connectivity index (χ2n) is 5.97. The largest absolute Gasteiger partial charge is 0.366 e. The van der Waals surface area contributed by atoms with Gasteiger partial charge in [-0.1, -0.05) is 12.1 Å². The summed E-state index contributed by atoms with van der Waals surface area (Å²) in [5, 5.41) is 3.42. The average Bonchev–Trinajstić information content (AvgIpc) is 2.95. The van der Waals surface area contributed by atoms with E-state index in [1.54, 1.807) is 24.5 Å². The number of carbonyl (C=O) groups is 1. The van der Waals surface area contributed by atoms with E-state index in [-0.39, 0.29) is 23.8 Å². The van der Waals surface area contributed by atoms with Crippen molar-refractivity contribution in [2.75, 3.05) is 13.1 Å². The monoisotopic (exact) mass is 301 g/mol. The van der Waals surface area contributed by atoms with E-state index < -0.39 is 0 Å². The van der Waals surface area contributed by atoms with E-state index in [1.165, 1.54) is 12.1 Å². The van der Waals surface area contributed by atoms with Gasteiger partial charge in [0.05, 0.1) is 5.56 Å². The van der Waals surface area contributed by atoms with Crippen LogP contribution >= 0.6 is 0 Å². The molecule has 2 atom stereocenters. The number of hydrogen-bond acceptors (Lipinski definition) is 2. The molecule has 1 aliphatic rings. The summed E-state index contributed by atoms with van der Waals surface area (Å²) in [5.41, 5.74) is 2.28. The van der Waals surface area contributed by atoms with Gasteiger partial charge in [0.1, 0.15) is 5.82 Å². The highest BCUT2D eigenvalue weighted by atomic mass is 19.1. The van der Waals surface area contributed by atoms with E-state index in [9.17, 15) is 9.18 Å². The Morgan fingerprint density at radius 2 is 1.77 bits per heavy atom. The zero-order valence-electron chi connectivity index (χ0n) is 12.8. The molecular weight excluding hydrogens is 281 g/mol. The maximum Gasteiger partial charge on any atom is 0.256 e. The zero-order chi connectivity index (χ0) is 15.7. The number of piperazine rings is 1. The first-order valence-electron chi connectivity index (χ1n) is 7.52. The summed E-state index contributed by atoms with van der Waals surface area (Å²) < 4.78 is 13.1. The van der Waals surface area contributed by atoms with E-state index in [1.807, 2.05) is 4.90 Å². The minimum Gasteiger partial charge on any atom is -0.366 e. The summed E-state index contributed by atoms with van der Waals surface area (Å²) >= 11 is 0. The molecule has 3 rings (SSSR count). The van der Waals surface area contributed by atoms with Gasteiger partial charge in [0.25, 0.3) is 5.91 Å². The minimum atomic E-state index is -0.281. The predicted octanol–water partition coefficient (Wildman–Crippen LogP) is 2.64. The average molecular weight is 301 g/mol. The Kier molecular flexibility index (Phi) is 3.98. The van der Waals surface area contributed by atoms with Crippen molar-refractivity contribution in [3.8, 4) is 11.1 Å². The van der Waals surface area contributed by atoms with Gasteiger partial charge in [0.2, 0.25) is 0 Å². The minimum absolute atomic E-state index is 0.0146. The van der Waals surface area contributed by atoms with Gasteiger partial charge in [0.15, 0.2) is 0 Å². The number of carbonyl (C=O) groups excluding carboxylic acids is 1. The number of amides is 1. The van der Waals surface area contributed by atoms with E-state index in [0.717, 1.165) is 11.1 Å². The molecular formula is C17H20FN3O. The second-order valence-corrected chi connectivity index (χ2v) is 5.97. The van der Waals surface area contributed by atoms with Crippen molar-refractivity contribution in [2.24, 2.45) is 0 Å². The number of rotatable bonds is 2. The van der Waals surface area contributed by atoms with Gasteiger partial charge in [0, 0.05) is 43.1 Å². The maximum absolute atomic E-state index is 13.1. The Bertz CT molecular complexity index is 655. The van der Waals surface area contributed by atoms with Crippen LogP contribution in [0.4, 0.5) is 4.39 Å². The Morgan fingerprint density at radius 1 is 1.14 bits per heavy atom. The highest BCUT2D eigenvalue weighted by Crippen LogP contribution is 2.25. The molecule has 5 heteroatoms. The number of H-pyrrole nitrogens is 1. The van der Waals surface area contributed by atoms with Crippen molar-refractivity contribution in [3.63, 3.8) is 0 Å². The topological polar surface area (TPSA) is 48.1 Å². The summed E-state index contributed by atoms with van der Waals surface area (Å²) in [6, 6.07) is 6.76. The predicted molar refractivity (Wildman–Crippen MR) is 84.1 cm³/mol. The Balaban J connectivity index is 1.88. The summed E-state index contributed by atoms with van der Waals surface area (Å²) in [5.74, 6) is -0.266. The molecule has 0 aliphatic carbocycles. The number of halogens is 1. The van der Waals surface area contributed by atoms with Crippen molar-refractivity contribution >= 4 is 5.91 Å². The molecule has 0 saturated carbocycles. The van der Waals surface area contributed by atoms with Crippen LogP contribution in [-0.2, 0) is 0 Å². The van der Waals surface area contributed by atoms with Crippen LogP contribution in [0.5, 0.6) is 0 Å². The van der Waals surface area contributed by atoms with E-state index in [2.05, 4.69) is 24.1 Å². The first-order valence-corrected chi connectivity index (χ1v) is 7.52. The van der Waals surface area contributed by atoms with Crippen LogP contribution in [0.15, 0.2) is 36.7 Å². The molecule has 1 aromatic heterocycles. The normalized spacial score (nSPS) is 21.9. The smallest absolute Gasteiger partial charge is 0.256 e. The van der Waals surface area contributed by atoms with Gasteiger partial charge < -0.3 is 15.2 Å². The van der Waals surface area contributed by atoms with Crippen LogP contribution in [0, 0.1) is 5.82 Å². The van der Waals surface area contributed by atoms with Gasteiger partial charge in [-0.3, -0.25) is 4.79 Å². The number of hydrogen-bond donors (Lipinski definition) is 2. The molecule has 0 radical (unpaired) electrons. The molecule has 2 heterocycles. The number of nitrogens with one attached hydrogen (secondary N) is 2. The molecule has 1 aliphatic heterocycles. The summed E-state index contributed by atoms with van der Waals surface area (Å²) in [4.78, 5) is 17.7. The molecule has 116 valence electrons. The number of nitrogens with zero attached hydrogens (tertiary/aromatic N) is 1. The van der Waals surface area contributed by atoms with Gasteiger partial charge in [-0.2, -0.15) is 0 Å². The highest BCUT2D eigenvalue weighted by Gasteiger charge is 2.27. The van der Waals surface area contributed by atoms with Gasteiger partial charge in [-0.25, -0.2) is 4.39 Å². The summed E-state index contributed by atoms with van der Waals surface area (Å²) in [6.07, 6.45) is 3.51. The van der Waals surface area contributed by atoms with Gasteiger partial charge in [-0.15, -0.1) is 0 Å². The molecule has 2 N–H and O–H groups in total. The lowest BCUT2D eigenvalue weighted by Crippen LogP contribution is -2.55. The van der Waals surface area contributed by atoms with Crippen molar-refractivity contribution in [1.29, 1.82) is 0 Å². The van der Waals surface area contributed by atoms with Crippen LogP contribution < -0.4 is 5.32 Å². The van der Waals surface area contributed by atoms with Crippen LogP contribution in [0.2, 0.25) is 0 Å². The van der Waals surface area contributed by atoms with E-state index in [4.69, 9.17) is 0 Å². The third-order valence-electron chi connectivity index (χ3n) is 3.98. The van der Waals surface area contributed by atoms with Crippen molar-refractivity contribution in [3.05, 3.63) is 48.0 Å². The van der Waals surface area contributed by atoms with Crippen molar-refractivity contribution < 1.29 is 9.18 Å². The zero-order valence-corrected chi connectivity index (χ0v) is 12.8. The fourth-order valence-electron chi connectivity index (χ4n) is 3.07. The Morgan fingerprint density at radius 3 is 2.41 bits per heavy atom. The number of aromatic amines is 1. The standard InChI is InChI=1S/C17H20FN3O/c1-11-9-21(10-12(2)20-11)17(22)16-8-19-7-15(16)13-3-5-14(18)6-4-13/h3-8,11-12,19-20H,9-10H2,1-2H3/t11-,12+. The molecule has 2 aromatic rings. The van der Waals surface area contributed by atoms with Gasteiger partial charge >= 0.3 is 0 Å². The quantitative estimate of drug-likeness (QED) is 0.896. The molecule has 22 heavy (non-hydrogen) atoms. The third-order valence-corrected chi connectivity index (χ3v) is 3.98. The SMILES string of the molecule is C[C@@H]1CN(C(=O)c2c[nH]cc2-c2ccc(F)cc2)C[C@H](C)N1. The molecule has 0 unspecified atom stereocenters. The first kappa shape index (κ1) is 14.8. The molecule has 1 amide bonds. The second kappa shape index (κ2) is 5.93. The lowest BCUT2D eigenvalue weighted by atomic mass is 10.0. The lowest BCUT2D eigenvalue weighted by Gasteiger charge is -2.36. The van der Waals surface area contributed by atoms with E-state index in [0.29, 0.717) is 18.7 Å². The fourth-order valence-corrected chi connectivity index (χ4v) is 3.07. The first-order chi connectivity index (χ1) is 10.5. The van der Waals surface area contributed by atoms with Crippen molar-refractivity contribution in [1.82, 2.24) is 15.2 Å². The van der Waals surface area contributed by atoms with Crippen LogP contribution in [0.1, 0.15) is 24.2 Å². The molecule has 1 fully saturated rings. The molecule has 0 spiro atoms. The molecule has 4 nitrogen and oxygen atoms in total. The fraction of sp³-hybridized carbons (Fsp3) is 0.353. The highest BCUT2D eigenvalue weighted by molar-refractivity contribution is 6.00. The molecule has 0 bridgehead atoms. The number of benzene rings is 1. The maximum atomic E-state index is 13.1. The lowest BCUT2D eigenvalue weighted by molar-refractivity contribution is 0.0675. The van der Waals surface area contributed by atoms with Crippen LogP contribution in [-0.4, -0.2) is 41.0 Å². The van der Waals surface area contributed by atoms with Crippen molar-refractivity contribution in [2.45, 2.75) is 25.9 Å². The van der Waals surface area contributed by atoms with E-state index >= 15 is 0 Å². The Hall–Kier alpha value is -2.14. The van der Waals surface area contributed by atoms with Crippen LogP contribution in [0.3, 0.4) is 0 Å². The molecule has 1 saturated heterocycles. The summed E-state index contributed by atoms with van der Waals surface area (Å²) in [6.45, 7) is 5.54. The summed E-state index contributed by atoms with van der Waals surface area (Å²) in [7, 11) is 0. The number of aromatic nitrogens is 1.